The molecule has 1 aromatic carbocycles. The maximum absolute atomic E-state index is 14.4. The fraction of sp³-hybridized carbons (Fsp3) is 0.607. The molecule has 3 heterocycles. The van der Waals surface area contributed by atoms with Gasteiger partial charge in [0.1, 0.15) is 17.6 Å². The van der Waals surface area contributed by atoms with Crippen molar-refractivity contribution in [3.8, 4) is 0 Å². The molecule has 5 atom stereocenters. The molecular weight excluding hydrogens is 496 g/mol. The molecule has 37 heavy (non-hydrogen) atoms. The Labute approximate surface area is 223 Å². The number of unbranched alkanes of at least 4 members (excludes halogenated alkanes) is 3. The molecule has 0 aromatic heterocycles. The lowest BCUT2D eigenvalue weighted by molar-refractivity contribution is -0.159. The zero-order valence-corrected chi connectivity index (χ0v) is 22.4. The van der Waals surface area contributed by atoms with Crippen LogP contribution in [0.4, 0.5) is 5.69 Å². The van der Waals surface area contributed by atoms with Crippen molar-refractivity contribution < 1.29 is 29.0 Å². The molecule has 1 spiro atoms. The van der Waals surface area contributed by atoms with Crippen molar-refractivity contribution in [3.63, 3.8) is 0 Å². The van der Waals surface area contributed by atoms with Crippen LogP contribution in [0.25, 0.3) is 0 Å². The lowest BCUT2D eigenvalue weighted by Crippen LogP contribution is -2.56. The van der Waals surface area contributed by atoms with Crippen LogP contribution in [-0.2, 0) is 23.9 Å². The normalized spacial score (nSPS) is 29.9. The smallest absolute Gasteiger partial charge is 0.312 e. The molecule has 1 aromatic rings. The first-order chi connectivity index (χ1) is 17.7. The van der Waals surface area contributed by atoms with Crippen LogP contribution in [0.3, 0.4) is 0 Å². The summed E-state index contributed by atoms with van der Waals surface area (Å²) in [4.78, 5) is 44.7. The molecule has 202 valence electrons. The van der Waals surface area contributed by atoms with Gasteiger partial charge in [0.2, 0.25) is 5.91 Å². The maximum Gasteiger partial charge on any atom is 0.312 e. The topological polar surface area (TPSA) is 96.4 Å². The standard InChI is InChI=1S/C28H37ClN2O6/c1-4-16-30(20-12-10-19(29)11-13-20)25(34)23-28-15-14-27(3,37-28)22(26(35)36-5-2)21(28)24(33)31(23)17-8-6-7-9-18-32/h4,10-13,21-23,32H,1,5-9,14-18H2,2-3H3/t21-,22+,23?,27-,28?/m0/s1. The number of esters is 1. The van der Waals surface area contributed by atoms with Crippen molar-refractivity contribution >= 4 is 35.1 Å². The first kappa shape index (κ1) is 27.6. The van der Waals surface area contributed by atoms with Crippen LogP contribution < -0.4 is 4.90 Å². The number of ether oxygens (including phenoxy) is 2. The first-order valence-electron chi connectivity index (χ1n) is 13.2. The van der Waals surface area contributed by atoms with Gasteiger partial charge in [-0.25, -0.2) is 0 Å². The number of aliphatic hydroxyl groups excluding tert-OH is 1. The van der Waals surface area contributed by atoms with Crippen molar-refractivity contribution in [2.24, 2.45) is 11.8 Å². The van der Waals surface area contributed by atoms with Gasteiger partial charge in [0.05, 0.1) is 18.1 Å². The second kappa shape index (κ2) is 11.1. The summed E-state index contributed by atoms with van der Waals surface area (Å²) in [7, 11) is 0. The Morgan fingerprint density at radius 2 is 1.95 bits per heavy atom. The van der Waals surface area contributed by atoms with E-state index in [1.807, 2.05) is 6.92 Å². The number of fused-ring (bicyclic) bond motifs is 1. The van der Waals surface area contributed by atoms with E-state index in [-0.39, 0.29) is 31.6 Å². The quantitative estimate of drug-likeness (QED) is 0.250. The average molecular weight is 533 g/mol. The highest BCUT2D eigenvalue weighted by atomic mass is 35.5. The lowest BCUT2D eigenvalue weighted by Gasteiger charge is -2.37. The fourth-order valence-electron chi connectivity index (χ4n) is 6.50. The molecule has 2 amide bonds. The minimum absolute atomic E-state index is 0.125. The molecule has 0 saturated carbocycles. The predicted octanol–water partition coefficient (Wildman–Crippen LogP) is 3.74. The Bertz CT molecular complexity index is 1030. The SMILES string of the molecule is C=CCN(C(=O)C1N(CCCCCCO)C(=O)[C@@H]2[C@H](C(=O)OCC)[C@]3(C)CCC12O3)c1ccc(Cl)cc1. The molecule has 3 aliphatic rings. The fourth-order valence-corrected chi connectivity index (χ4v) is 6.63. The molecule has 2 bridgehead atoms. The van der Waals surface area contributed by atoms with Gasteiger partial charge in [-0.3, -0.25) is 14.4 Å². The minimum Gasteiger partial charge on any atom is -0.466 e. The monoisotopic (exact) mass is 532 g/mol. The molecule has 4 rings (SSSR count). The summed E-state index contributed by atoms with van der Waals surface area (Å²) in [6, 6.07) is 6.10. The molecule has 0 aliphatic carbocycles. The highest BCUT2D eigenvalue weighted by Crippen LogP contribution is 2.63. The van der Waals surface area contributed by atoms with Crippen molar-refractivity contribution in [1.82, 2.24) is 4.90 Å². The van der Waals surface area contributed by atoms with Crippen LogP contribution in [0, 0.1) is 11.8 Å². The van der Waals surface area contributed by atoms with Crippen LogP contribution in [0.2, 0.25) is 5.02 Å². The van der Waals surface area contributed by atoms with Crippen molar-refractivity contribution in [2.75, 3.05) is 31.2 Å². The Morgan fingerprint density at radius 1 is 1.24 bits per heavy atom. The van der Waals surface area contributed by atoms with Gasteiger partial charge in [-0.1, -0.05) is 30.5 Å². The molecule has 8 nitrogen and oxygen atoms in total. The first-order valence-corrected chi connectivity index (χ1v) is 13.6. The predicted molar refractivity (Wildman–Crippen MR) is 140 cm³/mol. The molecule has 3 aliphatic heterocycles. The third-order valence-corrected chi connectivity index (χ3v) is 8.33. The minimum atomic E-state index is -1.10. The average Bonchev–Trinajstić information content (AvgIpc) is 3.43. The van der Waals surface area contributed by atoms with Crippen molar-refractivity contribution in [1.29, 1.82) is 0 Å². The van der Waals surface area contributed by atoms with Gasteiger partial charge in [-0.2, -0.15) is 0 Å². The van der Waals surface area contributed by atoms with Gasteiger partial charge in [-0.05, 0) is 63.8 Å². The van der Waals surface area contributed by atoms with E-state index in [0.717, 1.165) is 12.8 Å². The number of likely N-dealkylation sites (tertiary alicyclic amines) is 1. The van der Waals surface area contributed by atoms with E-state index in [0.29, 0.717) is 42.9 Å². The van der Waals surface area contributed by atoms with Crippen LogP contribution in [0.15, 0.2) is 36.9 Å². The molecule has 3 saturated heterocycles. The summed E-state index contributed by atoms with van der Waals surface area (Å²) in [5, 5.41) is 9.66. The zero-order chi connectivity index (χ0) is 26.8. The third kappa shape index (κ3) is 4.79. The second-order valence-corrected chi connectivity index (χ2v) is 10.8. The number of nitrogens with zero attached hydrogens (tertiary/aromatic N) is 2. The summed E-state index contributed by atoms with van der Waals surface area (Å²) in [6.45, 7) is 8.38. The maximum atomic E-state index is 14.4. The number of amides is 2. The second-order valence-electron chi connectivity index (χ2n) is 10.4. The highest BCUT2D eigenvalue weighted by Gasteiger charge is 2.78. The Hall–Kier alpha value is -2.42. The number of benzene rings is 1. The molecule has 2 unspecified atom stereocenters. The third-order valence-electron chi connectivity index (χ3n) is 8.07. The van der Waals surface area contributed by atoms with E-state index in [1.165, 1.54) is 0 Å². The van der Waals surface area contributed by atoms with Crippen molar-refractivity contribution in [2.45, 2.75) is 69.6 Å². The van der Waals surface area contributed by atoms with Gasteiger partial charge in [0.25, 0.3) is 5.91 Å². The Kier molecular flexibility index (Phi) is 8.31. The lowest BCUT2D eigenvalue weighted by atomic mass is 9.66. The number of rotatable bonds is 12. The highest BCUT2D eigenvalue weighted by molar-refractivity contribution is 6.30. The summed E-state index contributed by atoms with van der Waals surface area (Å²) < 4.78 is 12.0. The summed E-state index contributed by atoms with van der Waals surface area (Å²) in [5.74, 6) is -2.46. The van der Waals surface area contributed by atoms with Crippen LogP contribution in [0.1, 0.15) is 52.4 Å². The van der Waals surface area contributed by atoms with Gasteiger partial charge in [-0.15, -0.1) is 6.58 Å². The molecular formula is C28H37ClN2O6. The molecule has 1 N–H and O–H groups in total. The van der Waals surface area contributed by atoms with E-state index in [4.69, 9.17) is 26.2 Å². The van der Waals surface area contributed by atoms with E-state index in [1.54, 1.807) is 47.1 Å². The van der Waals surface area contributed by atoms with E-state index < -0.39 is 35.0 Å². The van der Waals surface area contributed by atoms with Gasteiger partial charge < -0.3 is 24.4 Å². The molecule has 0 radical (unpaired) electrons. The van der Waals surface area contributed by atoms with E-state index in [2.05, 4.69) is 6.58 Å². The number of hydrogen-bond acceptors (Lipinski definition) is 6. The van der Waals surface area contributed by atoms with Gasteiger partial charge in [0, 0.05) is 30.4 Å². The summed E-state index contributed by atoms with van der Waals surface area (Å²) in [5.41, 5.74) is -1.32. The van der Waals surface area contributed by atoms with Crippen LogP contribution in [0.5, 0.6) is 0 Å². The largest absolute Gasteiger partial charge is 0.466 e. The number of aliphatic hydroxyl groups is 1. The van der Waals surface area contributed by atoms with Crippen LogP contribution in [-0.4, -0.2) is 71.3 Å². The number of halogens is 1. The zero-order valence-electron chi connectivity index (χ0n) is 21.7. The number of anilines is 1. The van der Waals surface area contributed by atoms with Gasteiger partial charge >= 0.3 is 5.97 Å². The number of carbonyl (C=O) groups excluding carboxylic acids is 3. The number of hydrogen-bond donors (Lipinski definition) is 1. The molecule has 9 heteroatoms. The van der Waals surface area contributed by atoms with E-state index >= 15 is 0 Å². The summed E-state index contributed by atoms with van der Waals surface area (Å²) >= 11 is 6.09. The van der Waals surface area contributed by atoms with Crippen molar-refractivity contribution in [3.05, 3.63) is 41.9 Å². The van der Waals surface area contributed by atoms with Gasteiger partial charge in [0.15, 0.2) is 0 Å². The summed E-state index contributed by atoms with van der Waals surface area (Å²) in [6.07, 6.45) is 5.75. The van der Waals surface area contributed by atoms with E-state index in [9.17, 15) is 14.4 Å². The Morgan fingerprint density at radius 3 is 2.59 bits per heavy atom. The number of carbonyl (C=O) groups is 3. The van der Waals surface area contributed by atoms with Crippen LogP contribution >= 0.6 is 11.6 Å². The Balaban J connectivity index is 1.72. The molecule has 3 fully saturated rings.